The summed E-state index contributed by atoms with van der Waals surface area (Å²) in [7, 11) is 0.436. The third kappa shape index (κ3) is 4.70. The van der Waals surface area contributed by atoms with Gasteiger partial charge in [0.25, 0.3) is 0 Å². The van der Waals surface area contributed by atoms with E-state index < -0.39 is 30.3 Å². The van der Waals surface area contributed by atoms with Crippen molar-refractivity contribution in [3.63, 3.8) is 0 Å². The zero-order valence-corrected chi connectivity index (χ0v) is 9.84. The van der Waals surface area contributed by atoms with Crippen LogP contribution in [0, 0.1) is 0 Å². The zero-order valence-electron chi connectivity index (χ0n) is 8.84. The van der Waals surface area contributed by atoms with E-state index in [1.807, 2.05) is 11.9 Å². The molecule has 0 fully saturated rings. The van der Waals surface area contributed by atoms with Crippen molar-refractivity contribution in [3.8, 4) is 0 Å². The van der Waals surface area contributed by atoms with E-state index >= 15 is 0 Å². The summed E-state index contributed by atoms with van der Waals surface area (Å²) >= 11 is 0. The van der Waals surface area contributed by atoms with Crippen molar-refractivity contribution in [2.24, 2.45) is 0 Å². The Bertz CT molecular complexity index is 414. The average molecular weight is 257 g/mol. The SMILES string of the molecule is O=C(O)C[C@H](NC(=O)Cc1ccc[pH]1)C(=O)O. The Morgan fingerprint density at radius 2 is 2.06 bits per heavy atom. The van der Waals surface area contributed by atoms with Gasteiger partial charge in [-0.1, -0.05) is 12.1 Å². The highest BCUT2D eigenvalue weighted by Gasteiger charge is 2.22. The average Bonchev–Trinajstić information content (AvgIpc) is 2.68. The minimum absolute atomic E-state index is 0.106. The van der Waals surface area contributed by atoms with Gasteiger partial charge >= 0.3 is 11.9 Å². The maximum absolute atomic E-state index is 11.5. The Morgan fingerprint density at radius 1 is 1.35 bits per heavy atom. The molecule has 0 radical (unpaired) electrons. The standard InChI is InChI=1S/C10H12NO5P/c12-8(4-6-2-1-3-17-6)11-7(10(15)16)5-9(13)14/h1-3,7,17H,4-5H2,(H,11,12)(H,13,14)(H,15,16)/t7-/m0/s1. The topological polar surface area (TPSA) is 104 Å². The Kier molecular flexibility index (Phi) is 4.72. The van der Waals surface area contributed by atoms with Gasteiger partial charge in [0.1, 0.15) is 6.04 Å². The van der Waals surface area contributed by atoms with E-state index in [1.165, 1.54) is 0 Å². The molecule has 0 aromatic carbocycles. The van der Waals surface area contributed by atoms with E-state index in [-0.39, 0.29) is 6.42 Å². The predicted octanol–water partition coefficient (Wildman–Crippen LogP) is 0.304. The van der Waals surface area contributed by atoms with Crippen LogP contribution in [-0.2, 0) is 20.8 Å². The third-order valence-electron chi connectivity index (χ3n) is 2.03. The highest BCUT2D eigenvalue weighted by Crippen LogP contribution is 2.14. The minimum atomic E-state index is -1.38. The molecule has 0 aliphatic rings. The van der Waals surface area contributed by atoms with Crippen LogP contribution in [0.15, 0.2) is 17.9 Å². The molecular formula is C10H12NO5P. The Labute approximate surface area is 98.7 Å². The van der Waals surface area contributed by atoms with E-state index in [0.717, 1.165) is 5.30 Å². The van der Waals surface area contributed by atoms with E-state index in [0.29, 0.717) is 8.19 Å². The molecule has 1 heterocycles. The molecule has 17 heavy (non-hydrogen) atoms. The maximum atomic E-state index is 11.5. The number of hydrogen-bond donors (Lipinski definition) is 3. The first-order valence-electron chi connectivity index (χ1n) is 4.85. The molecule has 1 aromatic rings. The molecule has 7 heteroatoms. The van der Waals surface area contributed by atoms with Crippen molar-refractivity contribution in [3.05, 3.63) is 23.2 Å². The number of carboxylic acid groups (broad SMARTS) is 2. The first kappa shape index (κ1) is 13.3. The maximum Gasteiger partial charge on any atom is 0.326 e. The Morgan fingerprint density at radius 3 is 2.53 bits per heavy atom. The van der Waals surface area contributed by atoms with Crippen LogP contribution >= 0.6 is 8.19 Å². The number of carbonyl (C=O) groups excluding carboxylic acids is 1. The number of rotatable bonds is 6. The van der Waals surface area contributed by atoms with E-state index in [9.17, 15) is 14.4 Å². The molecule has 6 nitrogen and oxygen atoms in total. The summed E-state index contributed by atoms with van der Waals surface area (Å²) in [6.07, 6.45) is -0.518. The summed E-state index contributed by atoms with van der Waals surface area (Å²) < 4.78 is 0. The number of carboxylic acids is 2. The molecule has 92 valence electrons. The van der Waals surface area contributed by atoms with E-state index in [1.54, 1.807) is 6.07 Å². The second kappa shape index (κ2) is 6.06. The fourth-order valence-electron chi connectivity index (χ4n) is 1.27. The fraction of sp³-hybridized carbons (Fsp3) is 0.300. The number of carbonyl (C=O) groups is 3. The van der Waals surface area contributed by atoms with Crippen LogP contribution in [0.3, 0.4) is 0 Å². The second-order valence-corrected chi connectivity index (χ2v) is 4.69. The van der Waals surface area contributed by atoms with Crippen molar-refractivity contribution in [2.45, 2.75) is 18.9 Å². The van der Waals surface area contributed by atoms with Gasteiger partial charge in [0.15, 0.2) is 0 Å². The van der Waals surface area contributed by atoms with Crippen LogP contribution in [0.2, 0.25) is 0 Å². The summed E-state index contributed by atoms with van der Waals surface area (Å²) in [6, 6.07) is 2.25. The van der Waals surface area contributed by atoms with Crippen molar-refractivity contribution in [1.82, 2.24) is 5.32 Å². The van der Waals surface area contributed by atoms with Crippen LogP contribution in [0.5, 0.6) is 0 Å². The molecule has 0 saturated carbocycles. The summed E-state index contributed by atoms with van der Waals surface area (Å²) in [5, 5.41) is 20.3. The predicted molar refractivity (Wildman–Crippen MR) is 61.5 cm³/mol. The lowest BCUT2D eigenvalue weighted by Crippen LogP contribution is -2.42. The molecule has 1 rings (SSSR count). The molecular weight excluding hydrogens is 245 g/mol. The van der Waals surface area contributed by atoms with Crippen LogP contribution in [0.1, 0.15) is 11.7 Å². The smallest absolute Gasteiger partial charge is 0.326 e. The Hall–Kier alpha value is -1.81. The molecule has 1 unspecified atom stereocenters. The lowest BCUT2D eigenvalue weighted by atomic mass is 10.2. The summed E-state index contributed by atoms with van der Waals surface area (Å²) in [4.78, 5) is 32.6. The highest BCUT2D eigenvalue weighted by molar-refractivity contribution is 7.30. The van der Waals surface area contributed by atoms with Gasteiger partial charge in [0.05, 0.1) is 12.8 Å². The summed E-state index contributed by atoms with van der Waals surface area (Å²) in [5.41, 5.74) is 0. The van der Waals surface area contributed by atoms with Gasteiger partial charge in [-0.15, -0.1) is 8.19 Å². The van der Waals surface area contributed by atoms with Gasteiger partial charge in [-0.2, -0.15) is 0 Å². The molecule has 3 N–H and O–H groups in total. The molecule has 1 amide bonds. The quantitative estimate of drug-likeness (QED) is 0.680. The third-order valence-corrected chi connectivity index (χ3v) is 3.10. The lowest BCUT2D eigenvalue weighted by Gasteiger charge is -2.11. The molecule has 1 aromatic heterocycles. The van der Waals surface area contributed by atoms with Gasteiger partial charge in [0.2, 0.25) is 5.91 Å². The van der Waals surface area contributed by atoms with E-state index in [4.69, 9.17) is 10.2 Å². The molecule has 0 bridgehead atoms. The van der Waals surface area contributed by atoms with Crippen molar-refractivity contribution >= 4 is 26.0 Å². The normalized spacial score (nSPS) is 12.2. The van der Waals surface area contributed by atoms with Gasteiger partial charge in [-0.3, -0.25) is 9.59 Å². The molecule has 0 aliphatic heterocycles. The first-order chi connectivity index (χ1) is 7.99. The zero-order chi connectivity index (χ0) is 12.8. The number of nitrogens with one attached hydrogen (secondary N) is 1. The minimum Gasteiger partial charge on any atom is -0.481 e. The molecule has 0 spiro atoms. The van der Waals surface area contributed by atoms with Gasteiger partial charge in [-0.05, 0) is 11.1 Å². The van der Waals surface area contributed by atoms with Gasteiger partial charge in [0, 0.05) is 0 Å². The van der Waals surface area contributed by atoms with Crippen molar-refractivity contribution in [2.75, 3.05) is 0 Å². The number of amides is 1. The van der Waals surface area contributed by atoms with Gasteiger partial charge in [-0.25, -0.2) is 4.79 Å². The monoisotopic (exact) mass is 257 g/mol. The van der Waals surface area contributed by atoms with Crippen LogP contribution < -0.4 is 5.32 Å². The largest absolute Gasteiger partial charge is 0.481 e. The summed E-state index contributed by atoms with van der Waals surface area (Å²) in [5.74, 6) is -1.17. The molecule has 0 aliphatic carbocycles. The number of aliphatic carboxylic acids is 2. The molecule has 0 saturated heterocycles. The Balaban J connectivity index is 2.52. The van der Waals surface area contributed by atoms with Crippen molar-refractivity contribution in [1.29, 1.82) is 0 Å². The highest BCUT2D eigenvalue weighted by atomic mass is 31.0. The molecule has 2 atom stereocenters. The van der Waals surface area contributed by atoms with Gasteiger partial charge < -0.3 is 15.5 Å². The number of hydrogen-bond acceptors (Lipinski definition) is 3. The van der Waals surface area contributed by atoms with Crippen LogP contribution in [0.25, 0.3) is 0 Å². The first-order valence-corrected chi connectivity index (χ1v) is 5.93. The summed E-state index contributed by atoms with van der Waals surface area (Å²) in [6.45, 7) is 0. The lowest BCUT2D eigenvalue weighted by molar-refractivity contribution is -0.147. The second-order valence-electron chi connectivity index (χ2n) is 3.43. The van der Waals surface area contributed by atoms with Crippen molar-refractivity contribution < 1.29 is 24.6 Å². The van der Waals surface area contributed by atoms with Crippen LogP contribution in [0.4, 0.5) is 0 Å². The van der Waals surface area contributed by atoms with E-state index in [2.05, 4.69) is 5.32 Å². The van der Waals surface area contributed by atoms with Crippen LogP contribution in [-0.4, -0.2) is 34.1 Å². The fourth-order valence-corrected chi connectivity index (χ4v) is 2.13.